The standard InChI is InChI=1S/C20H24N4O3/c1-15(25)23-9-11-24(12-10-23)19-8-5-17(14-21-19)20(26)22-13-16-3-6-18(27-2)7-4-16/h3-8,14H,9-13H2,1-2H3,(H,22,26). The number of carbonyl (C=O) groups is 2. The van der Waals surface area contributed by atoms with Gasteiger partial charge < -0.3 is 19.9 Å². The second kappa shape index (κ2) is 8.53. The van der Waals surface area contributed by atoms with E-state index in [1.807, 2.05) is 35.2 Å². The topological polar surface area (TPSA) is 74.8 Å². The average molecular weight is 368 g/mol. The molecular formula is C20H24N4O3. The fourth-order valence-corrected chi connectivity index (χ4v) is 2.99. The molecule has 142 valence electrons. The van der Waals surface area contributed by atoms with Crippen LogP contribution in [0.15, 0.2) is 42.6 Å². The Morgan fingerprint density at radius 3 is 2.33 bits per heavy atom. The second-order valence-corrected chi connectivity index (χ2v) is 6.43. The molecule has 1 saturated heterocycles. The molecule has 1 N–H and O–H groups in total. The summed E-state index contributed by atoms with van der Waals surface area (Å²) < 4.78 is 5.12. The highest BCUT2D eigenvalue weighted by Gasteiger charge is 2.19. The van der Waals surface area contributed by atoms with E-state index in [9.17, 15) is 9.59 Å². The summed E-state index contributed by atoms with van der Waals surface area (Å²) in [4.78, 5) is 32.1. The van der Waals surface area contributed by atoms with Crippen molar-refractivity contribution in [2.45, 2.75) is 13.5 Å². The molecule has 0 unspecified atom stereocenters. The molecule has 1 aromatic carbocycles. The van der Waals surface area contributed by atoms with E-state index in [0.717, 1.165) is 30.2 Å². The van der Waals surface area contributed by atoms with Crippen molar-refractivity contribution in [3.63, 3.8) is 0 Å². The normalized spacial score (nSPS) is 14.0. The lowest BCUT2D eigenvalue weighted by molar-refractivity contribution is -0.129. The molecule has 1 aromatic heterocycles. The lowest BCUT2D eigenvalue weighted by atomic mass is 10.2. The molecular weight excluding hydrogens is 344 g/mol. The molecule has 27 heavy (non-hydrogen) atoms. The molecule has 0 atom stereocenters. The van der Waals surface area contributed by atoms with Crippen molar-refractivity contribution in [1.82, 2.24) is 15.2 Å². The van der Waals surface area contributed by atoms with Crippen LogP contribution in [-0.2, 0) is 11.3 Å². The first-order valence-electron chi connectivity index (χ1n) is 8.94. The highest BCUT2D eigenvalue weighted by atomic mass is 16.5. The van der Waals surface area contributed by atoms with Gasteiger partial charge in [-0.3, -0.25) is 9.59 Å². The van der Waals surface area contributed by atoms with Crippen molar-refractivity contribution in [2.75, 3.05) is 38.2 Å². The predicted octanol–water partition coefficient (Wildman–Crippen LogP) is 1.69. The van der Waals surface area contributed by atoms with Gasteiger partial charge in [0.25, 0.3) is 5.91 Å². The monoisotopic (exact) mass is 368 g/mol. The molecule has 3 rings (SSSR count). The maximum absolute atomic E-state index is 12.3. The van der Waals surface area contributed by atoms with Crippen LogP contribution in [0.5, 0.6) is 5.75 Å². The molecule has 1 fully saturated rings. The van der Waals surface area contributed by atoms with E-state index in [1.165, 1.54) is 0 Å². The van der Waals surface area contributed by atoms with Crippen molar-refractivity contribution in [3.05, 3.63) is 53.7 Å². The van der Waals surface area contributed by atoms with E-state index in [1.54, 1.807) is 26.3 Å². The van der Waals surface area contributed by atoms with Gasteiger partial charge in [-0.15, -0.1) is 0 Å². The summed E-state index contributed by atoms with van der Waals surface area (Å²) in [6, 6.07) is 11.2. The first-order chi connectivity index (χ1) is 13.1. The van der Waals surface area contributed by atoms with Crippen LogP contribution in [0.25, 0.3) is 0 Å². The number of piperazine rings is 1. The molecule has 2 amide bonds. The Balaban J connectivity index is 1.53. The number of pyridine rings is 1. The number of ether oxygens (including phenoxy) is 1. The minimum atomic E-state index is -0.161. The van der Waals surface area contributed by atoms with E-state index in [-0.39, 0.29) is 11.8 Å². The van der Waals surface area contributed by atoms with Gasteiger partial charge in [0.15, 0.2) is 0 Å². The Kier molecular flexibility index (Phi) is 5.90. The molecule has 0 radical (unpaired) electrons. The van der Waals surface area contributed by atoms with Crippen molar-refractivity contribution >= 4 is 17.6 Å². The van der Waals surface area contributed by atoms with Gasteiger partial charge in [-0.05, 0) is 29.8 Å². The van der Waals surface area contributed by atoms with Gasteiger partial charge in [-0.2, -0.15) is 0 Å². The van der Waals surface area contributed by atoms with Crippen LogP contribution >= 0.6 is 0 Å². The number of nitrogens with one attached hydrogen (secondary N) is 1. The first kappa shape index (κ1) is 18.7. The molecule has 0 saturated carbocycles. The third kappa shape index (κ3) is 4.75. The van der Waals surface area contributed by atoms with Gasteiger partial charge in [0, 0.05) is 45.8 Å². The predicted molar refractivity (Wildman–Crippen MR) is 103 cm³/mol. The molecule has 7 nitrogen and oxygen atoms in total. The Labute approximate surface area is 158 Å². The highest BCUT2D eigenvalue weighted by molar-refractivity contribution is 5.94. The third-order valence-electron chi connectivity index (χ3n) is 4.67. The summed E-state index contributed by atoms with van der Waals surface area (Å²) in [7, 11) is 1.62. The number of carbonyl (C=O) groups excluding carboxylic acids is 2. The SMILES string of the molecule is COc1ccc(CNC(=O)c2ccc(N3CCN(C(C)=O)CC3)nc2)cc1. The fraction of sp³-hybridized carbons (Fsp3) is 0.350. The first-order valence-corrected chi connectivity index (χ1v) is 8.94. The lowest BCUT2D eigenvalue weighted by Crippen LogP contribution is -2.48. The van der Waals surface area contributed by atoms with Crippen molar-refractivity contribution in [2.24, 2.45) is 0 Å². The zero-order valence-electron chi connectivity index (χ0n) is 15.6. The van der Waals surface area contributed by atoms with Crippen molar-refractivity contribution < 1.29 is 14.3 Å². The maximum atomic E-state index is 12.3. The van der Waals surface area contributed by atoms with E-state index < -0.39 is 0 Å². The molecule has 0 aliphatic carbocycles. The second-order valence-electron chi connectivity index (χ2n) is 6.43. The van der Waals surface area contributed by atoms with Crippen molar-refractivity contribution in [1.29, 1.82) is 0 Å². The van der Waals surface area contributed by atoms with E-state index in [0.29, 0.717) is 25.2 Å². The smallest absolute Gasteiger partial charge is 0.253 e. The number of amides is 2. The minimum Gasteiger partial charge on any atom is -0.497 e. The number of methoxy groups -OCH3 is 1. The van der Waals surface area contributed by atoms with Gasteiger partial charge in [-0.1, -0.05) is 12.1 Å². The number of anilines is 1. The van der Waals surface area contributed by atoms with E-state index in [4.69, 9.17) is 4.74 Å². The number of aromatic nitrogens is 1. The van der Waals surface area contributed by atoms with Crippen LogP contribution in [0.2, 0.25) is 0 Å². The highest BCUT2D eigenvalue weighted by Crippen LogP contribution is 2.15. The van der Waals surface area contributed by atoms with Crippen LogP contribution in [0.4, 0.5) is 5.82 Å². The van der Waals surface area contributed by atoms with Gasteiger partial charge in [0.2, 0.25) is 5.91 Å². The Hall–Kier alpha value is -3.09. The fourth-order valence-electron chi connectivity index (χ4n) is 2.99. The quantitative estimate of drug-likeness (QED) is 0.869. The molecule has 0 bridgehead atoms. The summed E-state index contributed by atoms with van der Waals surface area (Å²) in [5.74, 6) is 1.55. The van der Waals surface area contributed by atoms with Crippen LogP contribution < -0.4 is 15.0 Å². The number of nitrogens with zero attached hydrogens (tertiary/aromatic N) is 3. The number of hydrogen-bond acceptors (Lipinski definition) is 5. The van der Waals surface area contributed by atoms with Gasteiger partial charge in [0.05, 0.1) is 12.7 Å². The summed E-state index contributed by atoms with van der Waals surface area (Å²) >= 11 is 0. The third-order valence-corrected chi connectivity index (χ3v) is 4.67. The lowest BCUT2D eigenvalue weighted by Gasteiger charge is -2.34. The van der Waals surface area contributed by atoms with Gasteiger partial charge in [0.1, 0.15) is 11.6 Å². The zero-order valence-corrected chi connectivity index (χ0v) is 15.6. The number of hydrogen-bond donors (Lipinski definition) is 1. The maximum Gasteiger partial charge on any atom is 0.253 e. The van der Waals surface area contributed by atoms with Crippen molar-refractivity contribution in [3.8, 4) is 5.75 Å². The molecule has 2 heterocycles. The number of rotatable bonds is 5. The van der Waals surface area contributed by atoms with Gasteiger partial charge >= 0.3 is 0 Å². The Bertz CT molecular complexity index is 782. The molecule has 7 heteroatoms. The van der Waals surface area contributed by atoms with Crippen LogP contribution in [0.1, 0.15) is 22.8 Å². The molecule has 2 aromatic rings. The Morgan fingerprint density at radius 1 is 1.07 bits per heavy atom. The summed E-state index contributed by atoms with van der Waals surface area (Å²) in [6.45, 7) is 4.91. The zero-order chi connectivity index (χ0) is 19.2. The van der Waals surface area contributed by atoms with Crippen LogP contribution in [0.3, 0.4) is 0 Å². The van der Waals surface area contributed by atoms with Crippen LogP contribution in [-0.4, -0.2) is 55.0 Å². The van der Waals surface area contributed by atoms with E-state index in [2.05, 4.69) is 15.2 Å². The average Bonchev–Trinajstić information content (AvgIpc) is 2.72. The largest absolute Gasteiger partial charge is 0.497 e. The molecule has 0 spiro atoms. The minimum absolute atomic E-state index is 0.103. The summed E-state index contributed by atoms with van der Waals surface area (Å²) in [5, 5.41) is 2.89. The molecule has 1 aliphatic rings. The Morgan fingerprint density at radius 2 is 1.78 bits per heavy atom. The summed E-state index contributed by atoms with van der Waals surface area (Å²) in [6.07, 6.45) is 1.59. The van der Waals surface area contributed by atoms with Crippen LogP contribution in [0, 0.1) is 0 Å². The molecule has 1 aliphatic heterocycles. The van der Waals surface area contributed by atoms with E-state index >= 15 is 0 Å². The van der Waals surface area contributed by atoms with Gasteiger partial charge in [-0.25, -0.2) is 4.98 Å². The summed E-state index contributed by atoms with van der Waals surface area (Å²) in [5.41, 5.74) is 1.52. The number of benzene rings is 1.